The highest BCUT2D eigenvalue weighted by molar-refractivity contribution is 5.80. The predicted octanol–water partition coefficient (Wildman–Crippen LogP) is 6.83. The molecule has 0 amide bonds. The summed E-state index contributed by atoms with van der Waals surface area (Å²) in [6.07, 6.45) is 1.83. The minimum atomic E-state index is -0.248. The van der Waals surface area contributed by atoms with Crippen LogP contribution in [0.4, 0.5) is 4.39 Å². The number of hydrogen-bond donors (Lipinski definition) is 0. The van der Waals surface area contributed by atoms with Gasteiger partial charge in [0.1, 0.15) is 17.4 Å². The molecule has 0 aliphatic carbocycles. The smallest absolute Gasteiger partial charge is 0.144 e. The Morgan fingerprint density at radius 3 is 2.40 bits per heavy atom. The van der Waals surface area contributed by atoms with Gasteiger partial charge in [-0.15, -0.1) is 0 Å². The summed E-state index contributed by atoms with van der Waals surface area (Å²) in [5, 5.41) is 0. The predicted molar refractivity (Wildman–Crippen MR) is 120 cm³/mol. The normalized spacial score (nSPS) is 11.3. The molecule has 0 bridgehead atoms. The van der Waals surface area contributed by atoms with E-state index in [1.54, 1.807) is 12.1 Å². The Morgan fingerprint density at radius 1 is 0.900 bits per heavy atom. The molecule has 0 saturated carbocycles. The molecular formula is C26H27FN2O. The SMILES string of the molecule is CC(C)c1ccc(OCCCCn2c(-c3ccccc3F)nc3ccccc32)cc1. The molecular weight excluding hydrogens is 375 g/mol. The molecule has 4 aromatic rings. The number of hydrogen-bond acceptors (Lipinski definition) is 2. The van der Waals surface area contributed by atoms with Gasteiger partial charge in [0.15, 0.2) is 0 Å². The molecule has 0 unspecified atom stereocenters. The molecule has 3 aromatic carbocycles. The van der Waals surface area contributed by atoms with E-state index >= 15 is 0 Å². The van der Waals surface area contributed by atoms with Crippen LogP contribution in [0.3, 0.4) is 0 Å². The van der Waals surface area contributed by atoms with Crippen LogP contribution in [0.25, 0.3) is 22.4 Å². The Labute approximate surface area is 177 Å². The first-order valence-corrected chi connectivity index (χ1v) is 10.6. The van der Waals surface area contributed by atoms with Crippen LogP contribution < -0.4 is 4.74 Å². The highest BCUT2D eigenvalue weighted by atomic mass is 19.1. The van der Waals surface area contributed by atoms with Crippen molar-refractivity contribution in [2.24, 2.45) is 0 Å². The molecule has 4 rings (SSSR count). The molecule has 0 N–H and O–H groups in total. The molecule has 0 radical (unpaired) electrons. The third-order valence-corrected chi connectivity index (χ3v) is 5.36. The van der Waals surface area contributed by atoms with Crippen molar-refractivity contribution in [1.29, 1.82) is 0 Å². The number of para-hydroxylation sites is 2. The summed E-state index contributed by atoms with van der Waals surface area (Å²) in [4.78, 5) is 4.70. The third-order valence-electron chi connectivity index (χ3n) is 5.36. The van der Waals surface area contributed by atoms with E-state index in [1.807, 2.05) is 42.5 Å². The van der Waals surface area contributed by atoms with Crippen LogP contribution in [0.5, 0.6) is 5.75 Å². The first-order valence-electron chi connectivity index (χ1n) is 10.6. The first-order chi connectivity index (χ1) is 14.6. The standard InChI is InChI=1S/C26H27FN2O/c1-19(2)20-13-15-21(16-14-20)30-18-8-7-17-29-25-12-6-5-11-24(25)28-26(29)22-9-3-4-10-23(22)27/h3-6,9-16,19H,7-8,17-18H2,1-2H3. The van der Waals surface area contributed by atoms with Gasteiger partial charge < -0.3 is 9.30 Å². The number of unbranched alkanes of at least 4 members (excludes halogenated alkanes) is 1. The Hall–Kier alpha value is -3.14. The van der Waals surface area contributed by atoms with Crippen molar-refractivity contribution in [2.75, 3.05) is 6.61 Å². The summed E-state index contributed by atoms with van der Waals surface area (Å²) in [6.45, 7) is 5.79. The summed E-state index contributed by atoms with van der Waals surface area (Å²) in [5.74, 6) is 1.86. The van der Waals surface area contributed by atoms with Crippen LogP contribution in [-0.2, 0) is 6.54 Å². The average Bonchev–Trinajstić information content (AvgIpc) is 3.12. The highest BCUT2D eigenvalue weighted by Crippen LogP contribution is 2.27. The molecule has 1 heterocycles. The first kappa shape index (κ1) is 20.1. The van der Waals surface area contributed by atoms with Crippen LogP contribution >= 0.6 is 0 Å². The maximum Gasteiger partial charge on any atom is 0.144 e. The van der Waals surface area contributed by atoms with Gasteiger partial charge in [-0.2, -0.15) is 0 Å². The van der Waals surface area contributed by atoms with Gasteiger partial charge in [-0.05, 0) is 60.7 Å². The van der Waals surface area contributed by atoms with Crippen LogP contribution in [0.15, 0.2) is 72.8 Å². The molecule has 0 aliphatic heterocycles. The topological polar surface area (TPSA) is 27.1 Å². The zero-order valence-electron chi connectivity index (χ0n) is 17.5. The maximum atomic E-state index is 14.4. The Morgan fingerprint density at radius 2 is 1.63 bits per heavy atom. The zero-order chi connectivity index (χ0) is 20.9. The van der Waals surface area contributed by atoms with Crippen molar-refractivity contribution in [2.45, 2.75) is 39.2 Å². The number of rotatable bonds is 8. The summed E-state index contributed by atoms with van der Waals surface area (Å²) in [6, 6.07) is 23.1. The highest BCUT2D eigenvalue weighted by Gasteiger charge is 2.15. The zero-order valence-corrected chi connectivity index (χ0v) is 17.5. The Bertz CT molecular complexity index is 1120. The average molecular weight is 403 g/mol. The van der Waals surface area contributed by atoms with E-state index in [9.17, 15) is 4.39 Å². The molecule has 0 saturated heterocycles. The molecule has 0 atom stereocenters. The van der Waals surface area contributed by atoms with E-state index in [1.165, 1.54) is 11.6 Å². The summed E-state index contributed by atoms with van der Waals surface area (Å²) in [5.41, 5.74) is 3.77. The van der Waals surface area contributed by atoms with Crippen LogP contribution in [0.1, 0.15) is 38.2 Å². The number of aryl methyl sites for hydroxylation is 1. The lowest BCUT2D eigenvalue weighted by Crippen LogP contribution is -2.04. The Kier molecular flexibility index (Phi) is 6.12. The minimum absolute atomic E-state index is 0.248. The van der Waals surface area contributed by atoms with Gasteiger partial charge in [0.25, 0.3) is 0 Å². The van der Waals surface area contributed by atoms with Gasteiger partial charge in [-0.1, -0.05) is 50.2 Å². The molecule has 0 aliphatic rings. The third kappa shape index (κ3) is 4.38. The second-order valence-electron chi connectivity index (χ2n) is 7.83. The van der Waals surface area contributed by atoms with Gasteiger partial charge in [-0.3, -0.25) is 0 Å². The number of benzene rings is 3. The second-order valence-corrected chi connectivity index (χ2v) is 7.83. The van der Waals surface area contributed by atoms with Crippen LogP contribution in [-0.4, -0.2) is 16.2 Å². The molecule has 3 nitrogen and oxygen atoms in total. The lowest BCUT2D eigenvalue weighted by atomic mass is 10.0. The number of ether oxygens (including phenoxy) is 1. The maximum absolute atomic E-state index is 14.4. The quantitative estimate of drug-likeness (QED) is 0.302. The second kappa shape index (κ2) is 9.12. The van der Waals surface area contributed by atoms with Crippen LogP contribution in [0, 0.1) is 5.82 Å². The molecule has 1 aromatic heterocycles. The molecule has 0 fully saturated rings. The lowest BCUT2D eigenvalue weighted by molar-refractivity contribution is 0.303. The molecule has 154 valence electrons. The van der Waals surface area contributed by atoms with E-state index in [4.69, 9.17) is 9.72 Å². The van der Waals surface area contributed by atoms with Crippen molar-refractivity contribution in [3.8, 4) is 17.1 Å². The Balaban J connectivity index is 1.42. The lowest BCUT2D eigenvalue weighted by Gasteiger charge is -2.11. The van der Waals surface area contributed by atoms with E-state index in [-0.39, 0.29) is 5.82 Å². The van der Waals surface area contributed by atoms with Gasteiger partial charge in [-0.25, -0.2) is 9.37 Å². The van der Waals surface area contributed by atoms with E-state index in [0.717, 1.165) is 36.2 Å². The van der Waals surface area contributed by atoms with Crippen molar-refractivity contribution >= 4 is 11.0 Å². The number of nitrogens with zero attached hydrogens (tertiary/aromatic N) is 2. The van der Waals surface area contributed by atoms with Gasteiger partial charge in [0, 0.05) is 6.54 Å². The fraction of sp³-hybridized carbons (Fsp3) is 0.269. The van der Waals surface area contributed by atoms with Gasteiger partial charge >= 0.3 is 0 Å². The van der Waals surface area contributed by atoms with E-state index in [2.05, 4.69) is 30.5 Å². The summed E-state index contributed by atoms with van der Waals surface area (Å²) < 4.78 is 22.4. The minimum Gasteiger partial charge on any atom is -0.494 e. The number of halogens is 1. The van der Waals surface area contributed by atoms with Gasteiger partial charge in [0.2, 0.25) is 0 Å². The fourth-order valence-electron chi connectivity index (χ4n) is 3.66. The van der Waals surface area contributed by atoms with E-state index < -0.39 is 0 Å². The van der Waals surface area contributed by atoms with Crippen molar-refractivity contribution < 1.29 is 9.13 Å². The van der Waals surface area contributed by atoms with Crippen molar-refractivity contribution in [3.63, 3.8) is 0 Å². The van der Waals surface area contributed by atoms with Crippen molar-refractivity contribution in [1.82, 2.24) is 9.55 Å². The number of aromatic nitrogens is 2. The largest absolute Gasteiger partial charge is 0.494 e. The van der Waals surface area contributed by atoms with Crippen molar-refractivity contribution in [3.05, 3.63) is 84.2 Å². The molecule has 30 heavy (non-hydrogen) atoms. The summed E-state index contributed by atoms with van der Waals surface area (Å²) >= 11 is 0. The van der Waals surface area contributed by atoms with Crippen LogP contribution in [0.2, 0.25) is 0 Å². The molecule has 4 heteroatoms. The fourth-order valence-corrected chi connectivity index (χ4v) is 3.66. The number of fused-ring (bicyclic) bond motifs is 1. The van der Waals surface area contributed by atoms with Gasteiger partial charge in [0.05, 0.1) is 23.2 Å². The number of imidazole rings is 1. The summed E-state index contributed by atoms with van der Waals surface area (Å²) in [7, 11) is 0. The monoisotopic (exact) mass is 402 g/mol. The molecule has 0 spiro atoms. The van der Waals surface area contributed by atoms with E-state index in [0.29, 0.717) is 23.9 Å².